The van der Waals surface area contributed by atoms with Crippen LogP contribution in [-0.2, 0) is 17.7 Å². The number of morpholine rings is 1. The zero-order chi connectivity index (χ0) is 19.2. The molecule has 0 spiro atoms. The van der Waals surface area contributed by atoms with Gasteiger partial charge >= 0.3 is 0 Å². The number of aromatic nitrogens is 1. The molecule has 2 saturated heterocycles. The molecule has 0 bridgehead atoms. The molecule has 4 rings (SSSR count). The van der Waals surface area contributed by atoms with Gasteiger partial charge in [-0.1, -0.05) is 36.4 Å². The Morgan fingerprint density at radius 1 is 1.17 bits per heavy atom. The molecule has 1 aromatic heterocycles. The van der Waals surface area contributed by atoms with E-state index in [1.165, 1.54) is 5.56 Å². The lowest BCUT2D eigenvalue weighted by Crippen LogP contribution is -2.50. The van der Waals surface area contributed by atoms with E-state index < -0.39 is 0 Å². The number of guanidine groups is 1. The number of nitrogens with zero attached hydrogens (tertiary/aromatic N) is 4. The highest BCUT2D eigenvalue weighted by molar-refractivity contribution is 14.0. The third-order valence-corrected chi connectivity index (χ3v) is 5.55. The van der Waals surface area contributed by atoms with Crippen LogP contribution in [0.15, 0.2) is 59.7 Å². The number of halogens is 1. The van der Waals surface area contributed by atoms with Gasteiger partial charge in [0.2, 0.25) is 0 Å². The van der Waals surface area contributed by atoms with E-state index in [1.54, 1.807) is 0 Å². The van der Waals surface area contributed by atoms with E-state index >= 15 is 0 Å². The van der Waals surface area contributed by atoms with Crippen LogP contribution in [0.4, 0.5) is 0 Å². The molecular weight excluding hydrogens is 477 g/mol. The molecule has 0 aliphatic carbocycles. The third kappa shape index (κ3) is 5.67. The predicted octanol–water partition coefficient (Wildman–Crippen LogP) is 2.40. The maximum Gasteiger partial charge on any atom is 0.193 e. The molecule has 2 atom stereocenters. The lowest BCUT2D eigenvalue weighted by Gasteiger charge is -2.36. The van der Waals surface area contributed by atoms with Crippen molar-refractivity contribution >= 4 is 29.9 Å². The predicted molar refractivity (Wildman–Crippen MR) is 127 cm³/mol. The second-order valence-corrected chi connectivity index (χ2v) is 7.38. The van der Waals surface area contributed by atoms with Crippen molar-refractivity contribution in [2.45, 2.75) is 25.1 Å². The summed E-state index contributed by atoms with van der Waals surface area (Å²) in [5.41, 5.74) is 2.46. The first-order chi connectivity index (χ1) is 13.8. The smallest absolute Gasteiger partial charge is 0.193 e. The van der Waals surface area contributed by atoms with Gasteiger partial charge in [-0.25, -0.2) is 0 Å². The van der Waals surface area contributed by atoms with Crippen molar-refractivity contribution in [3.05, 3.63) is 66.0 Å². The summed E-state index contributed by atoms with van der Waals surface area (Å²) in [5, 5.41) is 3.50. The summed E-state index contributed by atoms with van der Waals surface area (Å²) in [7, 11) is 1.85. The fourth-order valence-corrected chi connectivity index (χ4v) is 4.13. The first kappa shape index (κ1) is 22.0. The highest BCUT2D eigenvalue weighted by atomic mass is 127. The number of aliphatic imine (C=N–C) groups is 1. The van der Waals surface area contributed by atoms with Crippen LogP contribution in [0.5, 0.6) is 0 Å². The van der Waals surface area contributed by atoms with Gasteiger partial charge in [0.25, 0.3) is 0 Å². The number of ether oxygens (including phenoxy) is 1. The number of rotatable bonds is 5. The number of nitrogens with one attached hydrogen (secondary N) is 1. The van der Waals surface area contributed by atoms with Crippen LogP contribution >= 0.6 is 24.0 Å². The number of hydrogen-bond donors (Lipinski definition) is 1. The fourth-order valence-electron chi connectivity index (χ4n) is 4.13. The molecule has 0 radical (unpaired) electrons. The third-order valence-electron chi connectivity index (χ3n) is 5.55. The zero-order valence-electron chi connectivity index (χ0n) is 16.9. The van der Waals surface area contributed by atoms with E-state index in [0.717, 1.165) is 57.4 Å². The largest absolute Gasteiger partial charge is 0.373 e. The molecule has 6 nitrogen and oxygen atoms in total. The topological polar surface area (TPSA) is 53.0 Å². The zero-order valence-corrected chi connectivity index (χ0v) is 19.2. The first-order valence-corrected chi connectivity index (χ1v) is 10.1. The summed E-state index contributed by atoms with van der Waals surface area (Å²) in [4.78, 5) is 13.8. The quantitative estimate of drug-likeness (QED) is 0.383. The SMILES string of the molecule is CN=C(NCCc1ccccn1)N1CC2OCCN(Cc3ccccc3)C2C1.I. The monoisotopic (exact) mass is 507 g/mol. The van der Waals surface area contributed by atoms with Gasteiger partial charge in [0.1, 0.15) is 0 Å². The van der Waals surface area contributed by atoms with E-state index in [1.807, 2.05) is 25.4 Å². The molecule has 1 aromatic carbocycles. The normalized spacial score (nSPS) is 22.1. The van der Waals surface area contributed by atoms with Gasteiger partial charge in [-0.3, -0.25) is 14.9 Å². The van der Waals surface area contributed by atoms with Crippen LogP contribution in [0.3, 0.4) is 0 Å². The number of benzene rings is 1. The van der Waals surface area contributed by atoms with Crippen molar-refractivity contribution in [3.63, 3.8) is 0 Å². The van der Waals surface area contributed by atoms with Gasteiger partial charge in [-0.05, 0) is 17.7 Å². The molecule has 156 valence electrons. The van der Waals surface area contributed by atoms with Crippen molar-refractivity contribution in [1.82, 2.24) is 20.1 Å². The van der Waals surface area contributed by atoms with Crippen LogP contribution in [0.25, 0.3) is 0 Å². The van der Waals surface area contributed by atoms with Gasteiger partial charge in [-0.2, -0.15) is 0 Å². The molecule has 0 amide bonds. The van der Waals surface area contributed by atoms with Crippen molar-refractivity contribution in [3.8, 4) is 0 Å². The minimum absolute atomic E-state index is 0. The highest BCUT2D eigenvalue weighted by Gasteiger charge is 2.41. The lowest BCUT2D eigenvalue weighted by atomic mass is 10.1. The minimum Gasteiger partial charge on any atom is -0.373 e. The van der Waals surface area contributed by atoms with Crippen molar-refractivity contribution in [1.29, 1.82) is 0 Å². The molecule has 0 saturated carbocycles. The lowest BCUT2D eigenvalue weighted by molar-refractivity contribution is -0.0502. The summed E-state index contributed by atoms with van der Waals surface area (Å²) in [6.07, 6.45) is 2.97. The van der Waals surface area contributed by atoms with Gasteiger partial charge in [0.15, 0.2) is 5.96 Å². The highest BCUT2D eigenvalue weighted by Crippen LogP contribution is 2.24. The molecule has 2 aromatic rings. The van der Waals surface area contributed by atoms with E-state index in [2.05, 4.69) is 61.5 Å². The van der Waals surface area contributed by atoms with Crippen molar-refractivity contribution in [2.75, 3.05) is 39.8 Å². The molecule has 1 N–H and O–H groups in total. The maximum atomic E-state index is 6.09. The molecular formula is C22H30IN5O. The van der Waals surface area contributed by atoms with E-state index in [-0.39, 0.29) is 30.1 Å². The number of hydrogen-bond acceptors (Lipinski definition) is 4. The summed E-state index contributed by atoms with van der Waals surface area (Å²) in [5.74, 6) is 0.952. The van der Waals surface area contributed by atoms with Gasteiger partial charge in [-0.15, -0.1) is 24.0 Å². The number of pyridine rings is 1. The molecule has 7 heteroatoms. The molecule has 3 heterocycles. The summed E-state index contributed by atoms with van der Waals surface area (Å²) < 4.78 is 6.09. The van der Waals surface area contributed by atoms with Gasteiger partial charge in [0, 0.05) is 58.1 Å². The standard InChI is InChI=1S/C22H29N5O.HI/c1-23-22(25-12-10-19-9-5-6-11-24-19)27-16-20-21(17-27)28-14-13-26(20)15-18-7-3-2-4-8-18;/h2-9,11,20-21H,10,12-17H2,1H3,(H,23,25);1H. The minimum atomic E-state index is 0. The average Bonchev–Trinajstić information content (AvgIpc) is 3.18. The molecule has 2 aliphatic heterocycles. The van der Waals surface area contributed by atoms with Crippen molar-refractivity contribution in [2.24, 2.45) is 4.99 Å². The first-order valence-electron chi connectivity index (χ1n) is 10.1. The number of likely N-dealkylation sites (tertiary alicyclic amines) is 1. The summed E-state index contributed by atoms with van der Waals surface area (Å²) in [6.45, 7) is 5.41. The Morgan fingerprint density at radius 2 is 2.00 bits per heavy atom. The second-order valence-electron chi connectivity index (χ2n) is 7.38. The number of fused-ring (bicyclic) bond motifs is 1. The molecule has 2 unspecified atom stereocenters. The summed E-state index contributed by atoms with van der Waals surface area (Å²) in [6, 6.07) is 17.1. The van der Waals surface area contributed by atoms with E-state index in [9.17, 15) is 0 Å². The van der Waals surface area contributed by atoms with Crippen LogP contribution in [0, 0.1) is 0 Å². The Kier molecular flexibility index (Phi) is 8.26. The van der Waals surface area contributed by atoms with Crippen LogP contribution in [0.2, 0.25) is 0 Å². The average molecular weight is 507 g/mol. The Bertz CT molecular complexity index is 773. The van der Waals surface area contributed by atoms with Crippen molar-refractivity contribution < 1.29 is 4.74 Å². The Morgan fingerprint density at radius 3 is 2.76 bits per heavy atom. The Labute approximate surface area is 190 Å². The second kappa shape index (κ2) is 10.9. The fraction of sp³-hybridized carbons (Fsp3) is 0.455. The maximum absolute atomic E-state index is 6.09. The summed E-state index contributed by atoms with van der Waals surface area (Å²) >= 11 is 0. The molecule has 2 aliphatic rings. The van der Waals surface area contributed by atoms with Crippen LogP contribution < -0.4 is 5.32 Å². The Hall–Kier alpha value is -1.71. The van der Waals surface area contributed by atoms with E-state index in [0.29, 0.717) is 6.04 Å². The van der Waals surface area contributed by atoms with E-state index in [4.69, 9.17) is 4.74 Å². The van der Waals surface area contributed by atoms with Crippen LogP contribution in [0.1, 0.15) is 11.3 Å². The molecule has 29 heavy (non-hydrogen) atoms. The van der Waals surface area contributed by atoms with Gasteiger partial charge < -0.3 is 15.0 Å². The van der Waals surface area contributed by atoms with Crippen LogP contribution in [-0.4, -0.2) is 72.7 Å². The molecule has 2 fully saturated rings. The Balaban J connectivity index is 0.00000240. The van der Waals surface area contributed by atoms with Gasteiger partial charge in [0.05, 0.1) is 18.8 Å².